The van der Waals surface area contributed by atoms with Crippen molar-refractivity contribution in [3.8, 4) is 11.5 Å². The molecule has 0 aliphatic rings. The molecule has 0 N–H and O–H groups in total. The third-order valence-electron chi connectivity index (χ3n) is 5.46. The van der Waals surface area contributed by atoms with Crippen LogP contribution in [0.5, 0.6) is 11.5 Å². The summed E-state index contributed by atoms with van der Waals surface area (Å²) in [4.78, 5) is 26.4. The standard InChI is InChI=1S/C25H31F2NO5/c1-17-22(31-2)14-19(15-23(17)32-3)25(30)28(12-6-5-9-24(29)33-4)13-7-8-18-10-11-20(26)16-21(18)27/h10-11,14-16H,5-9,12-13H2,1-4H3. The molecule has 0 radical (unpaired) electrons. The number of amides is 1. The van der Waals surface area contributed by atoms with Crippen LogP contribution in [0.15, 0.2) is 30.3 Å². The Morgan fingerprint density at radius 3 is 2.12 bits per heavy atom. The highest BCUT2D eigenvalue weighted by atomic mass is 19.1. The van der Waals surface area contributed by atoms with E-state index < -0.39 is 11.6 Å². The summed E-state index contributed by atoms with van der Waals surface area (Å²) in [6.07, 6.45) is 2.30. The summed E-state index contributed by atoms with van der Waals surface area (Å²) < 4.78 is 42.5. The Kier molecular flexibility index (Phi) is 10.1. The van der Waals surface area contributed by atoms with E-state index in [1.165, 1.54) is 33.5 Å². The number of carbonyl (C=O) groups excluding carboxylic acids is 2. The van der Waals surface area contributed by atoms with Crippen LogP contribution in [0.2, 0.25) is 0 Å². The maximum Gasteiger partial charge on any atom is 0.305 e. The lowest BCUT2D eigenvalue weighted by atomic mass is 10.1. The van der Waals surface area contributed by atoms with E-state index >= 15 is 0 Å². The SMILES string of the molecule is COC(=O)CCCCN(CCCc1ccc(F)cc1F)C(=O)c1cc(OC)c(C)c(OC)c1. The van der Waals surface area contributed by atoms with Gasteiger partial charge in [-0.05, 0) is 56.4 Å². The fraction of sp³-hybridized carbons (Fsp3) is 0.440. The van der Waals surface area contributed by atoms with Crippen molar-refractivity contribution in [3.63, 3.8) is 0 Å². The third-order valence-corrected chi connectivity index (χ3v) is 5.46. The molecule has 0 aliphatic heterocycles. The molecule has 2 aromatic carbocycles. The highest BCUT2D eigenvalue weighted by Gasteiger charge is 2.19. The molecule has 0 atom stereocenters. The van der Waals surface area contributed by atoms with E-state index in [1.54, 1.807) is 17.0 Å². The molecular weight excluding hydrogens is 432 g/mol. The van der Waals surface area contributed by atoms with Crippen LogP contribution in [-0.4, -0.2) is 51.2 Å². The predicted octanol–water partition coefficient (Wildman–Crippen LogP) is 4.71. The number of esters is 1. The van der Waals surface area contributed by atoms with Crippen molar-refractivity contribution < 1.29 is 32.6 Å². The molecule has 1 amide bonds. The quantitative estimate of drug-likeness (QED) is 0.337. The normalized spacial score (nSPS) is 10.6. The van der Waals surface area contributed by atoms with E-state index in [4.69, 9.17) is 9.47 Å². The highest BCUT2D eigenvalue weighted by molar-refractivity contribution is 5.95. The van der Waals surface area contributed by atoms with Crippen molar-refractivity contribution in [1.29, 1.82) is 0 Å². The fourth-order valence-corrected chi connectivity index (χ4v) is 3.57. The number of benzene rings is 2. The first-order valence-corrected chi connectivity index (χ1v) is 10.8. The van der Waals surface area contributed by atoms with Gasteiger partial charge in [0.2, 0.25) is 0 Å². The van der Waals surface area contributed by atoms with Crippen LogP contribution in [0.3, 0.4) is 0 Å². The van der Waals surface area contributed by atoms with Crippen molar-refractivity contribution in [1.82, 2.24) is 4.90 Å². The molecule has 0 saturated carbocycles. The first kappa shape index (κ1) is 26.1. The fourth-order valence-electron chi connectivity index (χ4n) is 3.57. The van der Waals surface area contributed by atoms with Gasteiger partial charge in [0.25, 0.3) is 5.91 Å². The molecule has 0 spiro atoms. The summed E-state index contributed by atoms with van der Waals surface area (Å²) in [7, 11) is 4.39. The first-order chi connectivity index (χ1) is 15.8. The van der Waals surface area contributed by atoms with Crippen molar-refractivity contribution in [2.75, 3.05) is 34.4 Å². The largest absolute Gasteiger partial charge is 0.496 e. The summed E-state index contributed by atoms with van der Waals surface area (Å²) in [6, 6.07) is 6.83. The Hall–Kier alpha value is -3.16. The zero-order valence-electron chi connectivity index (χ0n) is 19.6. The van der Waals surface area contributed by atoms with E-state index in [1.807, 2.05) is 6.92 Å². The number of carbonyl (C=O) groups is 2. The maximum absolute atomic E-state index is 14.0. The van der Waals surface area contributed by atoms with Gasteiger partial charge in [-0.25, -0.2) is 8.78 Å². The lowest BCUT2D eigenvalue weighted by Gasteiger charge is -2.24. The van der Waals surface area contributed by atoms with Crippen LogP contribution in [0, 0.1) is 18.6 Å². The van der Waals surface area contributed by atoms with Gasteiger partial charge in [0.1, 0.15) is 23.1 Å². The van der Waals surface area contributed by atoms with Crippen molar-refractivity contribution in [2.24, 2.45) is 0 Å². The van der Waals surface area contributed by atoms with Gasteiger partial charge in [0.15, 0.2) is 0 Å². The molecule has 8 heteroatoms. The van der Waals surface area contributed by atoms with Gasteiger partial charge in [-0.15, -0.1) is 0 Å². The molecule has 0 unspecified atom stereocenters. The van der Waals surface area contributed by atoms with Crippen LogP contribution < -0.4 is 9.47 Å². The second-order valence-electron chi connectivity index (χ2n) is 7.67. The van der Waals surface area contributed by atoms with Gasteiger partial charge >= 0.3 is 5.97 Å². The Bertz CT molecular complexity index is 939. The number of hydrogen-bond donors (Lipinski definition) is 0. The van der Waals surface area contributed by atoms with E-state index in [0.717, 1.165) is 11.6 Å². The lowest BCUT2D eigenvalue weighted by molar-refractivity contribution is -0.140. The van der Waals surface area contributed by atoms with Crippen molar-refractivity contribution in [3.05, 3.63) is 58.7 Å². The smallest absolute Gasteiger partial charge is 0.305 e. The predicted molar refractivity (Wildman–Crippen MR) is 121 cm³/mol. The molecule has 33 heavy (non-hydrogen) atoms. The molecule has 2 rings (SSSR count). The number of unbranched alkanes of at least 4 members (excludes halogenated alkanes) is 1. The maximum atomic E-state index is 14.0. The Morgan fingerprint density at radius 1 is 0.909 bits per heavy atom. The zero-order valence-corrected chi connectivity index (χ0v) is 19.6. The van der Waals surface area contributed by atoms with E-state index in [9.17, 15) is 18.4 Å². The number of hydrogen-bond acceptors (Lipinski definition) is 5. The highest BCUT2D eigenvalue weighted by Crippen LogP contribution is 2.30. The van der Waals surface area contributed by atoms with Gasteiger partial charge in [-0.2, -0.15) is 0 Å². The molecule has 0 aliphatic carbocycles. The molecule has 0 saturated heterocycles. The summed E-state index contributed by atoms with van der Waals surface area (Å²) in [5.74, 6) is -0.662. The third kappa shape index (κ3) is 7.44. The van der Waals surface area contributed by atoms with E-state index in [0.29, 0.717) is 61.4 Å². The van der Waals surface area contributed by atoms with Crippen molar-refractivity contribution in [2.45, 2.75) is 39.0 Å². The molecule has 0 bridgehead atoms. The van der Waals surface area contributed by atoms with Crippen LogP contribution in [-0.2, 0) is 16.0 Å². The minimum absolute atomic E-state index is 0.218. The van der Waals surface area contributed by atoms with E-state index in [2.05, 4.69) is 4.74 Å². The van der Waals surface area contributed by atoms with Gasteiger partial charge in [0.05, 0.1) is 21.3 Å². The molecule has 2 aromatic rings. The summed E-state index contributed by atoms with van der Waals surface area (Å²) >= 11 is 0. The van der Waals surface area contributed by atoms with Crippen molar-refractivity contribution >= 4 is 11.9 Å². The second kappa shape index (κ2) is 12.8. The minimum Gasteiger partial charge on any atom is -0.496 e. The van der Waals surface area contributed by atoms with Gasteiger partial charge in [-0.3, -0.25) is 9.59 Å². The van der Waals surface area contributed by atoms with Gasteiger partial charge in [-0.1, -0.05) is 6.07 Å². The number of ether oxygens (including phenoxy) is 3. The van der Waals surface area contributed by atoms with Gasteiger partial charge < -0.3 is 19.1 Å². The van der Waals surface area contributed by atoms with Crippen LogP contribution in [0.4, 0.5) is 8.78 Å². The number of methoxy groups -OCH3 is 3. The summed E-state index contributed by atoms with van der Waals surface area (Å²) in [6.45, 7) is 2.63. The Morgan fingerprint density at radius 2 is 1.55 bits per heavy atom. The van der Waals surface area contributed by atoms with E-state index in [-0.39, 0.29) is 18.3 Å². The molecule has 6 nitrogen and oxygen atoms in total. The van der Waals surface area contributed by atoms with Crippen LogP contribution in [0.1, 0.15) is 47.2 Å². The summed E-state index contributed by atoms with van der Waals surface area (Å²) in [5.41, 5.74) is 1.59. The Balaban J connectivity index is 2.15. The van der Waals surface area contributed by atoms with Crippen LogP contribution in [0.25, 0.3) is 0 Å². The second-order valence-corrected chi connectivity index (χ2v) is 7.67. The summed E-state index contributed by atoms with van der Waals surface area (Å²) in [5, 5.41) is 0. The van der Waals surface area contributed by atoms with Crippen LogP contribution >= 0.6 is 0 Å². The molecule has 0 fully saturated rings. The molecule has 180 valence electrons. The molecule has 0 heterocycles. The molecular formula is C25H31F2NO5. The number of halogens is 2. The average molecular weight is 464 g/mol. The zero-order chi connectivity index (χ0) is 24.4. The first-order valence-electron chi connectivity index (χ1n) is 10.8. The average Bonchev–Trinajstić information content (AvgIpc) is 2.81. The lowest BCUT2D eigenvalue weighted by Crippen LogP contribution is -2.33. The number of rotatable bonds is 12. The minimum atomic E-state index is -0.624. The number of aryl methyl sites for hydroxylation is 1. The topological polar surface area (TPSA) is 65.1 Å². The Labute approximate surface area is 193 Å². The number of nitrogens with zero attached hydrogens (tertiary/aromatic N) is 1. The monoisotopic (exact) mass is 463 g/mol. The van der Waals surface area contributed by atoms with Gasteiger partial charge in [0, 0.05) is 36.7 Å². The molecule has 0 aromatic heterocycles.